The van der Waals surface area contributed by atoms with Crippen molar-refractivity contribution in [3.8, 4) is 0 Å². The molecule has 0 fully saturated rings. The van der Waals surface area contributed by atoms with Crippen LogP contribution in [-0.4, -0.2) is 23.8 Å². The van der Waals surface area contributed by atoms with Crippen LogP contribution in [0.1, 0.15) is 11.1 Å². The van der Waals surface area contributed by atoms with Crippen LogP contribution >= 0.6 is 22.6 Å². The molecule has 0 aliphatic heterocycles. The number of halogens is 3. The van der Waals surface area contributed by atoms with Crippen LogP contribution in [0.5, 0.6) is 0 Å². The van der Waals surface area contributed by atoms with Crippen molar-refractivity contribution in [2.75, 3.05) is 6.54 Å². The maximum Gasteiger partial charge on any atom is 0.290 e. The first-order chi connectivity index (χ1) is 10.9. The summed E-state index contributed by atoms with van der Waals surface area (Å²) in [6.45, 7) is 0.479. The molecule has 0 aromatic heterocycles. The fourth-order valence-corrected chi connectivity index (χ4v) is 2.84. The van der Waals surface area contributed by atoms with Crippen LogP contribution in [0.25, 0.3) is 0 Å². The Hall–Kier alpha value is -1.09. The largest absolute Gasteiger partial charge is 0.390 e. The standard InChI is InChI=1S/C17H19F2IN2O/c18-17(19,13-6-2-1-3-7-13)16(21)15(23)11-22-10-12-5-4-8-14(20)9-12/h1-9,15-16,22-23H,10-11,21H2/t15-,16-/m1/s1. The summed E-state index contributed by atoms with van der Waals surface area (Å²) in [5, 5.41) is 12.9. The zero-order chi connectivity index (χ0) is 16.9. The molecule has 0 spiro atoms. The smallest absolute Gasteiger partial charge is 0.290 e. The molecule has 2 aromatic carbocycles. The van der Waals surface area contributed by atoms with Crippen molar-refractivity contribution in [3.63, 3.8) is 0 Å². The van der Waals surface area contributed by atoms with Crippen molar-refractivity contribution < 1.29 is 13.9 Å². The minimum Gasteiger partial charge on any atom is -0.390 e. The lowest BCUT2D eigenvalue weighted by Crippen LogP contribution is -2.51. The van der Waals surface area contributed by atoms with E-state index in [9.17, 15) is 13.9 Å². The molecule has 2 atom stereocenters. The van der Waals surface area contributed by atoms with Crippen molar-refractivity contribution in [2.24, 2.45) is 5.73 Å². The van der Waals surface area contributed by atoms with E-state index in [1.807, 2.05) is 24.3 Å². The number of rotatable bonds is 7. The molecule has 2 rings (SSSR count). The zero-order valence-electron chi connectivity index (χ0n) is 12.4. The van der Waals surface area contributed by atoms with Gasteiger partial charge in [0.05, 0.1) is 6.10 Å². The fourth-order valence-electron chi connectivity index (χ4n) is 2.23. The zero-order valence-corrected chi connectivity index (χ0v) is 14.6. The molecule has 23 heavy (non-hydrogen) atoms. The van der Waals surface area contributed by atoms with Gasteiger partial charge < -0.3 is 16.2 Å². The summed E-state index contributed by atoms with van der Waals surface area (Å²) in [4.78, 5) is 0. The van der Waals surface area contributed by atoms with Crippen LogP contribution in [0.3, 0.4) is 0 Å². The molecule has 3 nitrogen and oxygen atoms in total. The van der Waals surface area contributed by atoms with Crippen LogP contribution in [0.4, 0.5) is 8.78 Å². The summed E-state index contributed by atoms with van der Waals surface area (Å²) in [6, 6.07) is 13.5. The maximum atomic E-state index is 14.3. The van der Waals surface area contributed by atoms with Gasteiger partial charge in [0.2, 0.25) is 0 Å². The Balaban J connectivity index is 1.91. The molecule has 0 unspecified atom stereocenters. The topological polar surface area (TPSA) is 58.3 Å². The van der Waals surface area contributed by atoms with E-state index < -0.39 is 18.1 Å². The molecular weight excluding hydrogens is 413 g/mol. The minimum atomic E-state index is -3.29. The Morgan fingerprint density at radius 1 is 1.13 bits per heavy atom. The van der Waals surface area contributed by atoms with Crippen LogP contribution < -0.4 is 11.1 Å². The third-order valence-electron chi connectivity index (χ3n) is 3.56. The van der Waals surface area contributed by atoms with E-state index in [1.165, 1.54) is 24.3 Å². The van der Waals surface area contributed by atoms with Crippen LogP contribution in [-0.2, 0) is 12.5 Å². The monoisotopic (exact) mass is 432 g/mol. The first-order valence-electron chi connectivity index (χ1n) is 7.23. The van der Waals surface area contributed by atoms with Gasteiger partial charge in [-0.05, 0) is 40.3 Å². The van der Waals surface area contributed by atoms with Gasteiger partial charge in [-0.15, -0.1) is 0 Å². The average Bonchev–Trinajstić information content (AvgIpc) is 2.55. The Labute approximate surface area is 148 Å². The van der Waals surface area contributed by atoms with Crippen molar-refractivity contribution in [1.29, 1.82) is 0 Å². The molecule has 2 aromatic rings. The SMILES string of the molecule is N[C@H]([C@H](O)CNCc1cccc(I)c1)C(F)(F)c1ccccc1. The lowest BCUT2D eigenvalue weighted by Gasteiger charge is -2.28. The first-order valence-corrected chi connectivity index (χ1v) is 8.31. The molecule has 6 heteroatoms. The van der Waals surface area contributed by atoms with E-state index >= 15 is 0 Å². The molecule has 0 bridgehead atoms. The number of hydrogen-bond acceptors (Lipinski definition) is 3. The van der Waals surface area contributed by atoms with Crippen molar-refractivity contribution in [2.45, 2.75) is 24.6 Å². The van der Waals surface area contributed by atoms with Crippen molar-refractivity contribution in [3.05, 3.63) is 69.3 Å². The molecule has 124 valence electrons. The Kier molecular flexibility index (Phi) is 6.46. The predicted octanol–water partition coefficient (Wildman–Crippen LogP) is 2.86. The van der Waals surface area contributed by atoms with E-state index in [0.717, 1.165) is 9.13 Å². The van der Waals surface area contributed by atoms with Gasteiger partial charge in [0.1, 0.15) is 6.04 Å². The highest BCUT2D eigenvalue weighted by molar-refractivity contribution is 14.1. The molecular formula is C17H19F2IN2O. The Morgan fingerprint density at radius 3 is 2.48 bits per heavy atom. The van der Waals surface area contributed by atoms with Gasteiger partial charge in [0, 0.05) is 22.2 Å². The van der Waals surface area contributed by atoms with Gasteiger partial charge in [0.15, 0.2) is 0 Å². The Morgan fingerprint density at radius 2 is 1.83 bits per heavy atom. The highest BCUT2D eigenvalue weighted by Crippen LogP contribution is 2.31. The van der Waals surface area contributed by atoms with E-state index in [2.05, 4.69) is 27.9 Å². The van der Waals surface area contributed by atoms with E-state index in [1.54, 1.807) is 6.07 Å². The molecule has 0 amide bonds. The molecule has 0 radical (unpaired) electrons. The second kappa shape index (κ2) is 8.14. The van der Waals surface area contributed by atoms with Gasteiger partial charge in [0.25, 0.3) is 5.92 Å². The summed E-state index contributed by atoms with van der Waals surface area (Å²) in [5.41, 5.74) is 6.42. The fraction of sp³-hybridized carbons (Fsp3) is 0.294. The van der Waals surface area contributed by atoms with Crippen molar-refractivity contribution >= 4 is 22.6 Å². The number of aliphatic hydroxyl groups excluding tert-OH is 1. The number of benzene rings is 2. The van der Waals surface area contributed by atoms with Gasteiger partial charge >= 0.3 is 0 Å². The predicted molar refractivity (Wildman–Crippen MR) is 95.2 cm³/mol. The van der Waals surface area contributed by atoms with E-state index in [4.69, 9.17) is 5.73 Å². The second-order valence-corrected chi connectivity index (χ2v) is 6.59. The number of nitrogens with one attached hydrogen (secondary N) is 1. The molecule has 4 N–H and O–H groups in total. The highest BCUT2D eigenvalue weighted by atomic mass is 127. The van der Waals surface area contributed by atoms with E-state index in [-0.39, 0.29) is 12.1 Å². The Bertz CT molecular complexity index is 625. The third kappa shape index (κ3) is 4.94. The summed E-state index contributed by atoms with van der Waals surface area (Å²) in [5.74, 6) is -3.29. The summed E-state index contributed by atoms with van der Waals surface area (Å²) >= 11 is 2.20. The second-order valence-electron chi connectivity index (χ2n) is 5.34. The molecule has 0 heterocycles. The summed E-state index contributed by atoms with van der Waals surface area (Å²) in [6.07, 6.45) is -1.35. The maximum absolute atomic E-state index is 14.3. The third-order valence-corrected chi connectivity index (χ3v) is 4.23. The summed E-state index contributed by atoms with van der Waals surface area (Å²) in [7, 11) is 0. The quantitative estimate of drug-likeness (QED) is 0.590. The lowest BCUT2D eigenvalue weighted by atomic mass is 9.97. The molecule has 0 saturated heterocycles. The number of hydrogen-bond donors (Lipinski definition) is 3. The molecule has 0 aliphatic rings. The first kappa shape index (κ1) is 18.3. The molecule has 0 aliphatic carbocycles. The average molecular weight is 432 g/mol. The van der Waals surface area contributed by atoms with Crippen molar-refractivity contribution in [1.82, 2.24) is 5.32 Å². The number of alkyl halides is 2. The van der Waals surface area contributed by atoms with Crippen LogP contribution in [0.2, 0.25) is 0 Å². The minimum absolute atomic E-state index is 0.00490. The highest BCUT2D eigenvalue weighted by Gasteiger charge is 2.42. The summed E-state index contributed by atoms with van der Waals surface area (Å²) < 4.78 is 29.7. The van der Waals surface area contributed by atoms with Gasteiger partial charge in [-0.3, -0.25) is 0 Å². The molecule has 0 saturated carbocycles. The lowest BCUT2D eigenvalue weighted by molar-refractivity contribution is -0.0702. The normalized spacial score (nSPS) is 14.5. The number of nitrogens with two attached hydrogens (primary N) is 1. The van der Waals surface area contributed by atoms with E-state index in [0.29, 0.717) is 6.54 Å². The van der Waals surface area contributed by atoms with Gasteiger partial charge in [-0.25, -0.2) is 0 Å². The number of aliphatic hydroxyl groups is 1. The van der Waals surface area contributed by atoms with Crippen LogP contribution in [0, 0.1) is 3.57 Å². The van der Waals surface area contributed by atoms with Gasteiger partial charge in [-0.1, -0.05) is 42.5 Å². The van der Waals surface area contributed by atoms with Gasteiger partial charge in [-0.2, -0.15) is 8.78 Å². The van der Waals surface area contributed by atoms with Crippen LogP contribution in [0.15, 0.2) is 54.6 Å².